The molecule has 0 radical (unpaired) electrons. The Hall–Kier alpha value is -4.60. The third-order valence-corrected chi connectivity index (χ3v) is 7.24. The zero-order valence-electron chi connectivity index (χ0n) is 20.9. The van der Waals surface area contributed by atoms with Crippen LogP contribution < -0.4 is 20.1 Å². The van der Waals surface area contributed by atoms with Crippen molar-refractivity contribution in [1.29, 1.82) is 0 Å². The molecule has 2 aliphatic rings. The van der Waals surface area contributed by atoms with Gasteiger partial charge in [-0.2, -0.15) is 5.10 Å². The van der Waals surface area contributed by atoms with Gasteiger partial charge in [0.1, 0.15) is 17.1 Å². The Labute approximate surface area is 213 Å². The average molecular weight is 499 g/mol. The maximum absolute atomic E-state index is 13.0. The van der Waals surface area contributed by atoms with E-state index < -0.39 is 5.41 Å². The predicted octanol–water partition coefficient (Wildman–Crippen LogP) is 3.80. The quantitative estimate of drug-likeness (QED) is 0.370. The fourth-order valence-electron chi connectivity index (χ4n) is 5.21. The summed E-state index contributed by atoms with van der Waals surface area (Å²) in [6, 6.07) is 15.2. The highest BCUT2D eigenvalue weighted by Crippen LogP contribution is 2.65. The lowest BCUT2D eigenvalue weighted by molar-refractivity contribution is -0.118. The zero-order valence-corrected chi connectivity index (χ0v) is 20.9. The van der Waals surface area contributed by atoms with Crippen molar-refractivity contribution in [3.05, 3.63) is 65.4 Å². The molecular weight excluding hydrogens is 472 g/mol. The topological polar surface area (TPSA) is 121 Å². The second-order valence-corrected chi connectivity index (χ2v) is 9.55. The number of fused-ring (bicyclic) bond motifs is 3. The number of H-pyrrole nitrogens is 1. The number of amides is 2. The molecule has 2 aromatic carbocycles. The average Bonchev–Trinajstić information content (AvgIpc) is 3.46. The highest BCUT2D eigenvalue weighted by Gasteiger charge is 2.65. The second-order valence-electron chi connectivity index (χ2n) is 9.55. The van der Waals surface area contributed by atoms with Crippen molar-refractivity contribution in [2.24, 2.45) is 0 Å². The number of hydrogen-bond donors (Lipinski definition) is 3. The molecule has 10 heteroatoms. The molecule has 1 saturated carbocycles. The van der Waals surface area contributed by atoms with Crippen LogP contribution in [0.5, 0.6) is 11.6 Å². The van der Waals surface area contributed by atoms with Crippen LogP contribution >= 0.6 is 0 Å². The first-order chi connectivity index (χ1) is 17.8. The maximum Gasteiger partial charge on any atom is 0.272 e. The summed E-state index contributed by atoms with van der Waals surface area (Å²) in [5.74, 6) is 1.52. The first-order valence-electron chi connectivity index (χ1n) is 11.9. The number of rotatable bonds is 6. The second kappa shape index (κ2) is 8.22. The van der Waals surface area contributed by atoms with Crippen LogP contribution in [0.15, 0.2) is 48.5 Å². The number of carbonyl (C=O) groups excluding carboxylic acids is 2. The molecule has 10 nitrogen and oxygen atoms in total. The molecule has 2 atom stereocenters. The van der Waals surface area contributed by atoms with E-state index in [2.05, 4.69) is 25.8 Å². The van der Waals surface area contributed by atoms with Gasteiger partial charge in [-0.15, -0.1) is 0 Å². The summed E-state index contributed by atoms with van der Waals surface area (Å²) in [5, 5.41) is 14.7. The van der Waals surface area contributed by atoms with Gasteiger partial charge in [0.15, 0.2) is 5.82 Å². The third kappa shape index (κ3) is 3.47. The Morgan fingerprint density at radius 3 is 2.70 bits per heavy atom. The molecule has 0 unspecified atom stereocenters. The lowest BCUT2D eigenvalue weighted by atomic mass is 9.91. The summed E-state index contributed by atoms with van der Waals surface area (Å²) >= 11 is 0. The summed E-state index contributed by atoms with van der Waals surface area (Å²) < 4.78 is 10.8. The van der Waals surface area contributed by atoms with Gasteiger partial charge >= 0.3 is 0 Å². The molecule has 1 aliphatic heterocycles. The molecule has 0 bridgehead atoms. The van der Waals surface area contributed by atoms with Gasteiger partial charge in [-0.25, -0.2) is 4.98 Å². The number of aromatic nitrogens is 3. The number of anilines is 3. The van der Waals surface area contributed by atoms with E-state index >= 15 is 0 Å². The van der Waals surface area contributed by atoms with E-state index in [9.17, 15) is 9.59 Å². The minimum atomic E-state index is -0.566. The van der Waals surface area contributed by atoms with E-state index in [1.165, 1.54) is 12.0 Å². The zero-order chi connectivity index (χ0) is 25.9. The minimum Gasteiger partial charge on any atom is -0.497 e. The first-order valence-corrected chi connectivity index (χ1v) is 11.9. The van der Waals surface area contributed by atoms with E-state index in [1.807, 2.05) is 36.4 Å². The molecule has 188 valence electrons. The van der Waals surface area contributed by atoms with Crippen molar-refractivity contribution in [2.75, 3.05) is 38.9 Å². The number of aromatic amines is 1. The van der Waals surface area contributed by atoms with Crippen LogP contribution in [-0.2, 0) is 10.2 Å². The fourth-order valence-corrected chi connectivity index (χ4v) is 5.21. The molecule has 2 aromatic heterocycles. The SMILES string of the molecule is COc1ccc2c(c1)[C@]1(C[C@H]1c1ccc3c(Nc4ccc(C(=O)N(C)C)nc4OC)n[nH]c3c1)C(=O)N2. The number of ether oxygens (including phenoxy) is 2. The number of nitrogens with zero attached hydrogens (tertiary/aromatic N) is 3. The molecule has 0 saturated heterocycles. The summed E-state index contributed by atoms with van der Waals surface area (Å²) in [7, 11) is 6.48. The number of carbonyl (C=O) groups is 2. The van der Waals surface area contributed by atoms with Crippen molar-refractivity contribution in [2.45, 2.75) is 17.8 Å². The van der Waals surface area contributed by atoms with Crippen LogP contribution in [-0.4, -0.2) is 60.2 Å². The maximum atomic E-state index is 13.0. The number of nitrogens with one attached hydrogen (secondary N) is 3. The van der Waals surface area contributed by atoms with Gasteiger partial charge in [0, 0.05) is 31.1 Å². The molecule has 1 fully saturated rings. The summed E-state index contributed by atoms with van der Waals surface area (Å²) in [4.78, 5) is 31.1. The van der Waals surface area contributed by atoms with Gasteiger partial charge in [0.25, 0.3) is 5.91 Å². The normalized spacial score (nSPS) is 19.5. The van der Waals surface area contributed by atoms with Gasteiger partial charge in [0.05, 0.1) is 25.2 Å². The van der Waals surface area contributed by atoms with Crippen molar-refractivity contribution < 1.29 is 19.1 Å². The number of benzene rings is 2. The molecule has 1 spiro atoms. The third-order valence-electron chi connectivity index (χ3n) is 7.24. The predicted molar refractivity (Wildman–Crippen MR) is 139 cm³/mol. The van der Waals surface area contributed by atoms with E-state index in [0.717, 1.165) is 39.9 Å². The Morgan fingerprint density at radius 2 is 1.95 bits per heavy atom. The van der Waals surface area contributed by atoms with Crippen molar-refractivity contribution >= 4 is 39.9 Å². The van der Waals surface area contributed by atoms with Gasteiger partial charge in [-0.05, 0) is 60.0 Å². The Bertz CT molecular complexity index is 1580. The summed E-state index contributed by atoms with van der Waals surface area (Å²) in [6.45, 7) is 0. The lowest BCUT2D eigenvalue weighted by Gasteiger charge is -2.13. The summed E-state index contributed by atoms with van der Waals surface area (Å²) in [5.41, 5.74) is 4.07. The Kier molecular flexibility index (Phi) is 5.08. The lowest BCUT2D eigenvalue weighted by Crippen LogP contribution is -2.22. The molecule has 37 heavy (non-hydrogen) atoms. The monoisotopic (exact) mass is 498 g/mol. The van der Waals surface area contributed by atoms with E-state index in [-0.39, 0.29) is 23.4 Å². The van der Waals surface area contributed by atoms with Crippen LogP contribution in [0.2, 0.25) is 0 Å². The molecule has 1 aliphatic carbocycles. The largest absolute Gasteiger partial charge is 0.497 e. The molecule has 4 aromatic rings. The molecular formula is C27H26N6O4. The molecule has 3 heterocycles. The molecule has 3 N–H and O–H groups in total. The fraction of sp³-hybridized carbons (Fsp3) is 0.259. The van der Waals surface area contributed by atoms with E-state index in [1.54, 1.807) is 33.3 Å². The van der Waals surface area contributed by atoms with Crippen molar-refractivity contribution in [3.63, 3.8) is 0 Å². The number of hydrogen-bond acceptors (Lipinski definition) is 7. The van der Waals surface area contributed by atoms with Crippen LogP contribution in [0.1, 0.15) is 34.0 Å². The summed E-state index contributed by atoms with van der Waals surface area (Å²) in [6.07, 6.45) is 0.741. The minimum absolute atomic E-state index is 0.0311. The van der Waals surface area contributed by atoms with Gasteiger partial charge < -0.3 is 25.0 Å². The van der Waals surface area contributed by atoms with Gasteiger partial charge in [0.2, 0.25) is 11.8 Å². The number of methoxy groups -OCH3 is 2. The number of pyridine rings is 1. The highest BCUT2D eigenvalue weighted by atomic mass is 16.5. The smallest absolute Gasteiger partial charge is 0.272 e. The van der Waals surface area contributed by atoms with Gasteiger partial charge in [-0.3, -0.25) is 14.7 Å². The van der Waals surface area contributed by atoms with Crippen molar-refractivity contribution in [3.8, 4) is 11.6 Å². The van der Waals surface area contributed by atoms with Crippen molar-refractivity contribution in [1.82, 2.24) is 20.1 Å². The first kappa shape index (κ1) is 22.8. The van der Waals surface area contributed by atoms with Crippen LogP contribution in [0.25, 0.3) is 10.9 Å². The van der Waals surface area contributed by atoms with Crippen LogP contribution in [0.3, 0.4) is 0 Å². The molecule has 6 rings (SSSR count). The Balaban J connectivity index is 1.28. The standard InChI is InChI=1S/C27H26N6O4/c1-33(2)25(34)21-10-9-20(24(29-21)37-4)28-23-16-7-5-14(11-22(16)31-32-23)18-13-27(18)17-12-15(36-3)6-8-19(17)30-26(27)35/h5-12,18H,13H2,1-4H3,(H,30,35)(H2,28,31,32)/t18-,27-/m0/s1. The van der Waals surface area contributed by atoms with E-state index in [4.69, 9.17) is 9.47 Å². The highest BCUT2D eigenvalue weighted by molar-refractivity contribution is 6.10. The van der Waals surface area contributed by atoms with Gasteiger partial charge in [-0.1, -0.05) is 6.07 Å². The van der Waals surface area contributed by atoms with Crippen LogP contribution in [0.4, 0.5) is 17.2 Å². The van der Waals surface area contributed by atoms with Crippen LogP contribution in [0, 0.1) is 0 Å². The Morgan fingerprint density at radius 1 is 1.11 bits per heavy atom. The van der Waals surface area contributed by atoms with E-state index in [0.29, 0.717) is 17.4 Å². The molecule has 2 amide bonds.